The second kappa shape index (κ2) is 6.11. The van der Waals surface area contributed by atoms with Crippen LogP contribution in [0.25, 0.3) is 0 Å². The summed E-state index contributed by atoms with van der Waals surface area (Å²) in [5, 5.41) is 6.78. The highest BCUT2D eigenvalue weighted by atomic mass is 32.2. The Bertz CT molecular complexity index is 832. The van der Waals surface area contributed by atoms with Crippen LogP contribution in [0.1, 0.15) is 18.0 Å². The number of anilines is 1. The Morgan fingerprint density at radius 1 is 1.35 bits per heavy atom. The van der Waals surface area contributed by atoms with Gasteiger partial charge < -0.3 is 5.32 Å². The highest BCUT2D eigenvalue weighted by molar-refractivity contribution is 7.91. The molecule has 3 rings (SSSR count). The maximum atomic E-state index is 13.6. The predicted octanol–water partition coefficient (Wildman–Crippen LogP) is 1.56. The van der Waals surface area contributed by atoms with Crippen molar-refractivity contribution in [2.24, 2.45) is 0 Å². The number of amides is 1. The summed E-state index contributed by atoms with van der Waals surface area (Å²) in [4.78, 5) is 12.1. The third-order valence-electron chi connectivity index (χ3n) is 3.80. The van der Waals surface area contributed by atoms with Crippen molar-refractivity contribution in [1.29, 1.82) is 0 Å². The fraction of sp³-hybridized carbons (Fsp3) is 0.333. The first-order chi connectivity index (χ1) is 10.9. The van der Waals surface area contributed by atoms with E-state index in [1.807, 2.05) is 0 Å². The van der Waals surface area contributed by atoms with Crippen LogP contribution in [0.3, 0.4) is 0 Å². The number of hydrogen-bond acceptors (Lipinski definition) is 4. The number of halogens is 1. The minimum absolute atomic E-state index is 0.0187. The number of aromatic nitrogens is 2. The van der Waals surface area contributed by atoms with Crippen LogP contribution in [-0.4, -0.2) is 35.6 Å². The number of sulfone groups is 1. The van der Waals surface area contributed by atoms with Gasteiger partial charge in [0, 0.05) is 6.07 Å². The Morgan fingerprint density at radius 3 is 2.83 bits per heavy atom. The molecule has 1 aliphatic rings. The van der Waals surface area contributed by atoms with Crippen molar-refractivity contribution in [3.63, 3.8) is 0 Å². The van der Waals surface area contributed by atoms with E-state index in [4.69, 9.17) is 0 Å². The van der Waals surface area contributed by atoms with E-state index in [1.165, 1.54) is 16.9 Å². The fourth-order valence-electron chi connectivity index (χ4n) is 2.67. The van der Waals surface area contributed by atoms with E-state index in [0.29, 0.717) is 17.8 Å². The molecule has 23 heavy (non-hydrogen) atoms. The maximum absolute atomic E-state index is 13.6. The van der Waals surface area contributed by atoms with Gasteiger partial charge in [0.2, 0.25) is 5.91 Å². The van der Waals surface area contributed by atoms with Crippen molar-refractivity contribution in [2.75, 3.05) is 16.8 Å². The third-order valence-corrected chi connectivity index (χ3v) is 5.55. The van der Waals surface area contributed by atoms with Crippen molar-refractivity contribution in [3.05, 3.63) is 47.9 Å². The minimum Gasteiger partial charge on any atom is -0.311 e. The average Bonchev–Trinajstić information content (AvgIpc) is 3.07. The average molecular weight is 337 g/mol. The van der Waals surface area contributed by atoms with Gasteiger partial charge in [0.1, 0.15) is 11.6 Å². The van der Waals surface area contributed by atoms with Gasteiger partial charge in [0.05, 0.1) is 30.2 Å². The SMILES string of the molecule is O=C(Cc1ccccc1F)Nc1ccnn1C1CCS(=O)(=O)C1. The molecule has 1 aliphatic heterocycles. The van der Waals surface area contributed by atoms with E-state index in [0.717, 1.165) is 0 Å². The zero-order valence-electron chi connectivity index (χ0n) is 12.3. The quantitative estimate of drug-likeness (QED) is 0.918. The first-order valence-corrected chi connectivity index (χ1v) is 9.04. The minimum atomic E-state index is -3.04. The lowest BCUT2D eigenvalue weighted by molar-refractivity contribution is -0.115. The Morgan fingerprint density at radius 2 is 2.13 bits per heavy atom. The molecule has 1 aromatic heterocycles. The molecule has 2 heterocycles. The van der Waals surface area contributed by atoms with E-state index < -0.39 is 15.7 Å². The fourth-order valence-corrected chi connectivity index (χ4v) is 4.37. The second-order valence-corrected chi connectivity index (χ2v) is 7.76. The highest BCUT2D eigenvalue weighted by Crippen LogP contribution is 2.26. The molecular formula is C15H16FN3O3S. The van der Waals surface area contributed by atoms with E-state index >= 15 is 0 Å². The van der Waals surface area contributed by atoms with Crippen LogP contribution in [0.2, 0.25) is 0 Å². The first kappa shape index (κ1) is 15.7. The lowest BCUT2D eigenvalue weighted by Crippen LogP contribution is -2.21. The Labute approximate surface area is 133 Å². The Hall–Kier alpha value is -2.22. The number of rotatable bonds is 4. The van der Waals surface area contributed by atoms with Gasteiger partial charge in [0.15, 0.2) is 9.84 Å². The topological polar surface area (TPSA) is 81.1 Å². The molecule has 0 saturated carbocycles. The first-order valence-electron chi connectivity index (χ1n) is 7.22. The van der Waals surface area contributed by atoms with E-state index in [2.05, 4.69) is 10.4 Å². The smallest absolute Gasteiger partial charge is 0.230 e. The number of nitrogens with zero attached hydrogens (tertiary/aromatic N) is 2. The molecular weight excluding hydrogens is 321 g/mol. The number of carbonyl (C=O) groups is 1. The van der Waals surface area contributed by atoms with Crippen LogP contribution in [0, 0.1) is 5.82 Å². The summed E-state index contributed by atoms with van der Waals surface area (Å²) in [5.41, 5.74) is 0.305. The molecule has 0 aliphatic carbocycles. The van der Waals surface area contributed by atoms with E-state index in [-0.39, 0.29) is 29.9 Å². The summed E-state index contributed by atoms with van der Waals surface area (Å²) in [6, 6.07) is 7.40. The van der Waals surface area contributed by atoms with Crippen LogP contribution in [0.15, 0.2) is 36.5 Å². The van der Waals surface area contributed by atoms with E-state index in [1.54, 1.807) is 24.3 Å². The van der Waals surface area contributed by atoms with Crippen molar-refractivity contribution >= 4 is 21.6 Å². The van der Waals surface area contributed by atoms with Crippen LogP contribution in [0.4, 0.5) is 10.2 Å². The van der Waals surface area contributed by atoms with Gasteiger partial charge in [-0.15, -0.1) is 0 Å². The van der Waals surface area contributed by atoms with Crippen molar-refractivity contribution in [1.82, 2.24) is 9.78 Å². The molecule has 2 aromatic rings. The van der Waals surface area contributed by atoms with Gasteiger partial charge in [-0.1, -0.05) is 18.2 Å². The standard InChI is InChI=1S/C15H16FN3O3S/c16-13-4-2-1-3-11(13)9-15(20)18-14-5-7-17-19(14)12-6-8-23(21,22)10-12/h1-5,7,12H,6,8-10H2,(H,18,20). The molecule has 0 bridgehead atoms. The summed E-state index contributed by atoms with van der Waals surface area (Å²) in [7, 11) is -3.04. The van der Waals surface area contributed by atoms with Crippen LogP contribution in [-0.2, 0) is 21.1 Å². The molecule has 8 heteroatoms. The molecule has 1 aromatic carbocycles. The molecule has 0 spiro atoms. The summed E-state index contributed by atoms with van der Waals surface area (Å²) < 4.78 is 38.2. The molecule has 122 valence electrons. The lowest BCUT2D eigenvalue weighted by Gasteiger charge is -2.13. The zero-order valence-corrected chi connectivity index (χ0v) is 13.1. The van der Waals surface area contributed by atoms with E-state index in [9.17, 15) is 17.6 Å². The largest absolute Gasteiger partial charge is 0.311 e. The number of hydrogen-bond donors (Lipinski definition) is 1. The monoisotopic (exact) mass is 337 g/mol. The Kier molecular flexibility index (Phi) is 4.16. The molecule has 6 nitrogen and oxygen atoms in total. The molecule has 1 amide bonds. The molecule has 1 unspecified atom stereocenters. The zero-order chi connectivity index (χ0) is 16.4. The number of carbonyl (C=O) groups excluding carboxylic acids is 1. The number of nitrogens with one attached hydrogen (secondary N) is 1. The Balaban J connectivity index is 1.71. The van der Waals surface area contributed by atoms with Crippen LogP contribution < -0.4 is 5.32 Å². The normalized spacial score (nSPS) is 19.6. The van der Waals surface area contributed by atoms with Crippen molar-refractivity contribution in [3.8, 4) is 0 Å². The summed E-state index contributed by atoms with van der Waals surface area (Å²) in [5.74, 6) is -0.241. The van der Waals surface area contributed by atoms with Gasteiger partial charge in [-0.3, -0.25) is 4.79 Å². The van der Waals surface area contributed by atoms with Crippen molar-refractivity contribution in [2.45, 2.75) is 18.9 Å². The van der Waals surface area contributed by atoms with Crippen molar-refractivity contribution < 1.29 is 17.6 Å². The summed E-state index contributed by atoms with van der Waals surface area (Å²) in [6.07, 6.45) is 1.88. The maximum Gasteiger partial charge on any atom is 0.230 e. The second-order valence-electron chi connectivity index (χ2n) is 5.53. The molecule has 1 fully saturated rings. The van der Waals surface area contributed by atoms with Gasteiger partial charge in [0.25, 0.3) is 0 Å². The van der Waals surface area contributed by atoms with Crippen LogP contribution in [0.5, 0.6) is 0 Å². The highest BCUT2D eigenvalue weighted by Gasteiger charge is 2.31. The van der Waals surface area contributed by atoms with Gasteiger partial charge >= 0.3 is 0 Å². The number of benzene rings is 1. The molecule has 1 atom stereocenters. The third kappa shape index (κ3) is 3.58. The predicted molar refractivity (Wildman–Crippen MR) is 83.3 cm³/mol. The molecule has 1 saturated heterocycles. The molecule has 0 radical (unpaired) electrons. The summed E-state index contributed by atoms with van der Waals surface area (Å²) >= 11 is 0. The summed E-state index contributed by atoms with van der Waals surface area (Å²) in [6.45, 7) is 0. The van der Waals surface area contributed by atoms with Gasteiger partial charge in [-0.25, -0.2) is 17.5 Å². The van der Waals surface area contributed by atoms with Gasteiger partial charge in [-0.2, -0.15) is 5.10 Å². The lowest BCUT2D eigenvalue weighted by atomic mass is 10.1. The molecule has 1 N–H and O–H groups in total. The van der Waals surface area contributed by atoms with Crippen LogP contribution >= 0.6 is 0 Å². The van der Waals surface area contributed by atoms with Gasteiger partial charge in [-0.05, 0) is 18.1 Å².